The first-order valence-electron chi connectivity index (χ1n) is 6.70. The zero-order valence-electron chi connectivity index (χ0n) is 11.7. The fourth-order valence-corrected chi connectivity index (χ4v) is 2.46. The van der Waals surface area contributed by atoms with Crippen molar-refractivity contribution >= 4 is 11.6 Å². The van der Waals surface area contributed by atoms with Gasteiger partial charge in [0.1, 0.15) is 5.82 Å². The molecule has 1 aromatic carbocycles. The van der Waals surface area contributed by atoms with Gasteiger partial charge in [0.05, 0.1) is 11.7 Å². The molecular formula is C16H18ClFN2. The summed E-state index contributed by atoms with van der Waals surface area (Å²) in [5.41, 5.74) is 2.80. The number of hydrogen-bond acceptors (Lipinski definition) is 2. The van der Waals surface area contributed by atoms with Crippen LogP contribution in [0.1, 0.15) is 29.8 Å². The lowest BCUT2D eigenvalue weighted by Crippen LogP contribution is -2.22. The van der Waals surface area contributed by atoms with Crippen LogP contribution in [0, 0.1) is 5.82 Å². The van der Waals surface area contributed by atoms with E-state index in [0.717, 1.165) is 12.1 Å². The summed E-state index contributed by atoms with van der Waals surface area (Å²) in [5.74, 6) is -0.272. The number of benzene rings is 1. The Bertz CT molecular complexity index is 586. The van der Waals surface area contributed by atoms with Gasteiger partial charge in [0.15, 0.2) is 0 Å². The zero-order valence-corrected chi connectivity index (χ0v) is 12.4. The first-order valence-corrected chi connectivity index (χ1v) is 7.08. The summed E-state index contributed by atoms with van der Waals surface area (Å²) in [6.07, 6.45) is 3.23. The van der Waals surface area contributed by atoms with Crippen LogP contribution in [0.5, 0.6) is 0 Å². The summed E-state index contributed by atoms with van der Waals surface area (Å²) in [5, 5.41) is 3.64. The highest BCUT2D eigenvalue weighted by Crippen LogP contribution is 2.23. The summed E-state index contributed by atoms with van der Waals surface area (Å²) in [4.78, 5) is 4.45. The van der Waals surface area contributed by atoms with Crippen molar-refractivity contribution in [3.05, 3.63) is 64.2 Å². The molecule has 2 nitrogen and oxygen atoms in total. The Morgan fingerprint density at radius 1 is 1.30 bits per heavy atom. The molecule has 0 aliphatic carbocycles. The number of nitrogens with one attached hydrogen (secondary N) is 1. The topological polar surface area (TPSA) is 24.9 Å². The van der Waals surface area contributed by atoms with Gasteiger partial charge in [0.2, 0.25) is 0 Å². The number of hydrogen-bond donors (Lipinski definition) is 1. The monoisotopic (exact) mass is 292 g/mol. The molecule has 0 aliphatic rings. The van der Waals surface area contributed by atoms with Crippen LogP contribution in [0.4, 0.5) is 4.39 Å². The fourth-order valence-electron chi connectivity index (χ4n) is 2.31. The van der Waals surface area contributed by atoms with Crippen molar-refractivity contribution in [3.8, 4) is 0 Å². The first-order chi connectivity index (χ1) is 9.65. The third-order valence-electron chi connectivity index (χ3n) is 3.42. The molecule has 1 heterocycles. The highest BCUT2D eigenvalue weighted by molar-refractivity contribution is 6.30. The second-order valence-electron chi connectivity index (χ2n) is 4.68. The maximum atomic E-state index is 13.9. The molecule has 0 radical (unpaired) electrons. The first kappa shape index (κ1) is 14.9. The van der Waals surface area contributed by atoms with Crippen LogP contribution in [-0.2, 0) is 12.8 Å². The van der Waals surface area contributed by atoms with E-state index in [9.17, 15) is 4.39 Å². The van der Waals surface area contributed by atoms with Crippen molar-refractivity contribution in [2.24, 2.45) is 0 Å². The molecule has 106 valence electrons. The quantitative estimate of drug-likeness (QED) is 0.903. The van der Waals surface area contributed by atoms with Gasteiger partial charge in [-0.25, -0.2) is 4.39 Å². The summed E-state index contributed by atoms with van der Waals surface area (Å²) in [6.45, 7) is 2.09. The summed E-state index contributed by atoms with van der Waals surface area (Å²) >= 11 is 5.78. The summed E-state index contributed by atoms with van der Waals surface area (Å²) in [6, 6.07) is 8.77. The van der Waals surface area contributed by atoms with Gasteiger partial charge >= 0.3 is 0 Å². The van der Waals surface area contributed by atoms with Gasteiger partial charge in [0, 0.05) is 11.2 Å². The molecule has 20 heavy (non-hydrogen) atoms. The van der Waals surface area contributed by atoms with E-state index < -0.39 is 0 Å². The van der Waals surface area contributed by atoms with Gasteiger partial charge in [-0.3, -0.25) is 4.98 Å². The lowest BCUT2D eigenvalue weighted by molar-refractivity contribution is 0.541. The lowest BCUT2D eigenvalue weighted by atomic mass is 9.98. The second-order valence-corrected chi connectivity index (χ2v) is 5.12. The molecule has 0 spiro atoms. The van der Waals surface area contributed by atoms with Crippen molar-refractivity contribution in [3.63, 3.8) is 0 Å². The second kappa shape index (κ2) is 6.82. The number of likely N-dealkylation sites (N-methyl/N-ethyl adjacent to an activating group) is 1. The highest BCUT2D eigenvalue weighted by atomic mass is 35.5. The summed E-state index contributed by atoms with van der Waals surface area (Å²) < 4.78 is 13.9. The van der Waals surface area contributed by atoms with E-state index in [2.05, 4.69) is 23.3 Å². The highest BCUT2D eigenvalue weighted by Gasteiger charge is 2.16. The van der Waals surface area contributed by atoms with Crippen LogP contribution in [0.2, 0.25) is 5.02 Å². The number of pyridine rings is 1. The van der Waals surface area contributed by atoms with Gasteiger partial charge in [-0.05, 0) is 49.2 Å². The third kappa shape index (κ3) is 3.35. The molecule has 1 aromatic heterocycles. The maximum absolute atomic E-state index is 13.9. The lowest BCUT2D eigenvalue weighted by Gasteiger charge is -2.19. The van der Waals surface area contributed by atoms with E-state index >= 15 is 0 Å². The molecular weight excluding hydrogens is 275 g/mol. The molecule has 2 aromatic rings. The van der Waals surface area contributed by atoms with Gasteiger partial charge < -0.3 is 5.32 Å². The average Bonchev–Trinajstić information content (AvgIpc) is 2.46. The van der Waals surface area contributed by atoms with Crippen molar-refractivity contribution in [1.29, 1.82) is 0 Å². The van der Waals surface area contributed by atoms with E-state index in [-0.39, 0.29) is 11.9 Å². The Kier molecular flexibility index (Phi) is 5.10. The Morgan fingerprint density at radius 3 is 2.75 bits per heavy atom. The third-order valence-corrected chi connectivity index (χ3v) is 3.66. The van der Waals surface area contributed by atoms with Crippen LogP contribution in [0.15, 0.2) is 36.5 Å². The van der Waals surface area contributed by atoms with E-state index in [0.29, 0.717) is 17.0 Å². The average molecular weight is 293 g/mol. The van der Waals surface area contributed by atoms with Gasteiger partial charge in [-0.15, -0.1) is 0 Å². The molecule has 1 atom stereocenters. The minimum absolute atomic E-state index is 0.0122. The Labute approximate surface area is 124 Å². The van der Waals surface area contributed by atoms with Crippen molar-refractivity contribution < 1.29 is 4.39 Å². The molecule has 0 aliphatic heterocycles. The van der Waals surface area contributed by atoms with Gasteiger partial charge in [-0.1, -0.05) is 30.7 Å². The van der Waals surface area contributed by atoms with E-state index in [1.165, 1.54) is 11.6 Å². The maximum Gasteiger partial charge on any atom is 0.127 e. The SMILES string of the molecule is CCc1cccnc1C(Cc1ccc(Cl)cc1F)NC. The molecule has 0 fully saturated rings. The standard InChI is InChI=1S/C16H18ClFN2/c1-3-11-5-4-8-20-16(11)15(19-2)9-12-6-7-13(17)10-14(12)18/h4-8,10,15,19H,3,9H2,1-2H3. The molecule has 0 bridgehead atoms. The minimum Gasteiger partial charge on any atom is -0.311 e. The van der Waals surface area contributed by atoms with Crippen molar-refractivity contribution in [2.45, 2.75) is 25.8 Å². The van der Waals surface area contributed by atoms with Crippen LogP contribution in [0.25, 0.3) is 0 Å². The number of halogens is 2. The predicted octanol–water partition coefficient (Wildman–Crippen LogP) is 3.94. The number of aromatic nitrogens is 1. The number of nitrogens with zero attached hydrogens (tertiary/aromatic N) is 1. The fraction of sp³-hybridized carbons (Fsp3) is 0.312. The molecule has 0 saturated heterocycles. The molecule has 1 unspecified atom stereocenters. The largest absolute Gasteiger partial charge is 0.311 e. The van der Waals surface area contributed by atoms with E-state index in [1.807, 2.05) is 13.1 Å². The predicted molar refractivity (Wildman–Crippen MR) is 80.5 cm³/mol. The smallest absolute Gasteiger partial charge is 0.127 e. The normalized spacial score (nSPS) is 12.4. The molecule has 4 heteroatoms. The van der Waals surface area contributed by atoms with Crippen LogP contribution in [0.3, 0.4) is 0 Å². The molecule has 1 N–H and O–H groups in total. The number of rotatable bonds is 5. The molecule has 2 rings (SSSR count). The van der Waals surface area contributed by atoms with Crippen LogP contribution < -0.4 is 5.32 Å². The summed E-state index contributed by atoms with van der Waals surface area (Å²) in [7, 11) is 1.87. The Balaban J connectivity index is 2.29. The molecule has 0 amide bonds. The van der Waals surface area contributed by atoms with Crippen LogP contribution >= 0.6 is 11.6 Å². The Hall–Kier alpha value is -1.45. The zero-order chi connectivity index (χ0) is 14.5. The van der Waals surface area contributed by atoms with Gasteiger partial charge in [0.25, 0.3) is 0 Å². The molecule has 0 saturated carbocycles. The number of aryl methyl sites for hydroxylation is 1. The minimum atomic E-state index is -0.272. The van der Waals surface area contributed by atoms with E-state index in [4.69, 9.17) is 11.6 Å². The van der Waals surface area contributed by atoms with E-state index in [1.54, 1.807) is 18.3 Å². The van der Waals surface area contributed by atoms with Gasteiger partial charge in [-0.2, -0.15) is 0 Å². The van der Waals surface area contributed by atoms with Crippen molar-refractivity contribution in [2.75, 3.05) is 7.05 Å². The van der Waals surface area contributed by atoms with Crippen molar-refractivity contribution in [1.82, 2.24) is 10.3 Å². The Morgan fingerprint density at radius 2 is 2.10 bits per heavy atom. The van der Waals surface area contributed by atoms with Crippen LogP contribution in [-0.4, -0.2) is 12.0 Å².